The molecule has 134 valence electrons. The highest BCUT2D eigenvalue weighted by molar-refractivity contribution is 6.10. The predicted octanol–water partition coefficient (Wildman–Crippen LogP) is 2.70. The van der Waals surface area contributed by atoms with Crippen LogP contribution in [0.2, 0.25) is 0 Å². The van der Waals surface area contributed by atoms with Crippen molar-refractivity contribution in [2.24, 2.45) is 0 Å². The molecule has 0 aliphatic rings. The van der Waals surface area contributed by atoms with E-state index in [0.717, 1.165) is 5.69 Å². The Bertz CT molecular complexity index is 857. The van der Waals surface area contributed by atoms with Crippen LogP contribution in [0.1, 0.15) is 23.0 Å². The van der Waals surface area contributed by atoms with Crippen LogP contribution in [-0.4, -0.2) is 29.9 Å². The van der Waals surface area contributed by atoms with Gasteiger partial charge < -0.3 is 15.4 Å². The van der Waals surface area contributed by atoms with Gasteiger partial charge >= 0.3 is 5.97 Å². The van der Waals surface area contributed by atoms with E-state index in [2.05, 4.69) is 20.4 Å². The minimum atomic E-state index is -0.457. The number of benzene rings is 1. The Morgan fingerprint density at radius 3 is 2.35 bits per heavy atom. The van der Waals surface area contributed by atoms with Gasteiger partial charge in [-0.25, -0.2) is 4.79 Å². The van der Waals surface area contributed by atoms with Gasteiger partial charge in [0, 0.05) is 34.9 Å². The van der Waals surface area contributed by atoms with E-state index in [1.165, 1.54) is 20.1 Å². The number of hydrogen-bond acceptors (Lipinski definition) is 5. The molecule has 2 N–H and O–H groups in total. The van der Waals surface area contributed by atoms with Crippen LogP contribution in [0.4, 0.5) is 11.4 Å². The maximum absolute atomic E-state index is 12.2. The van der Waals surface area contributed by atoms with E-state index in [1.807, 2.05) is 6.92 Å². The Kier molecular flexibility index (Phi) is 6.21. The van der Waals surface area contributed by atoms with E-state index in [1.54, 1.807) is 42.6 Å². The summed E-state index contributed by atoms with van der Waals surface area (Å²) < 4.78 is 4.61. The van der Waals surface area contributed by atoms with E-state index in [9.17, 15) is 14.4 Å². The van der Waals surface area contributed by atoms with Crippen LogP contribution in [0.3, 0.4) is 0 Å². The molecule has 26 heavy (non-hydrogen) atoms. The minimum absolute atomic E-state index is 0.241. The summed E-state index contributed by atoms with van der Waals surface area (Å²) in [6, 6.07) is 9.63. The molecule has 0 aliphatic carbocycles. The molecule has 2 amide bonds. The quantitative estimate of drug-likeness (QED) is 0.636. The van der Waals surface area contributed by atoms with Gasteiger partial charge in [0.05, 0.1) is 12.7 Å². The lowest BCUT2D eigenvalue weighted by molar-refractivity contribution is -0.114. The molecule has 7 heteroatoms. The number of nitrogens with zero attached hydrogens (tertiary/aromatic N) is 1. The summed E-state index contributed by atoms with van der Waals surface area (Å²) in [4.78, 5) is 39.6. The number of aryl methyl sites for hydroxylation is 1. The second-order valence-electron chi connectivity index (χ2n) is 5.53. The molecule has 1 aromatic carbocycles. The normalized spacial score (nSPS) is 10.8. The number of aromatic nitrogens is 1. The Labute approximate surface area is 151 Å². The van der Waals surface area contributed by atoms with Crippen molar-refractivity contribution in [2.75, 3.05) is 17.7 Å². The van der Waals surface area contributed by atoms with Crippen molar-refractivity contribution in [2.45, 2.75) is 13.8 Å². The monoisotopic (exact) mass is 353 g/mol. The Balaban J connectivity index is 1.98. The third-order valence-electron chi connectivity index (χ3n) is 3.43. The van der Waals surface area contributed by atoms with E-state index in [4.69, 9.17) is 0 Å². The molecule has 7 nitrogen and oxygen atoms in total. The topological polar surface area (TPSA) is 97.4 Å². The zero-order chi connectivity index (χ0) is 19.1. The summed E-state index contributed by atoms with van der Waals surface area (Å²) >= 11 is 0. The number of methoxy groups -OCH3 is 1. The van der Waals surface area contributed by atoms with Gasteiger partial charge in [-0.05, 0) is 50.2 Å². The number of pyridine rings is 1. The van der Waals surface area contributed by atoms with Gasteiger partial charge in [-0.3, -0.25) is 14.6 Å². The number of rotatable bonds is 5. The molecule has 2 aromatic rings. The molecule has 0 fully saturated rings. The maximum atomic E-state index is 12.2. The van der Waals surface area contributed by atoms with Crippen LogP contribution in [0.25, 0.3) is 0 Å². The molecule has 0 unspecified atom stereocenters. The van der Waals surface area contributed by atoms with Gasteiger partial charge in [0.15, 0.2) is 0 Å². The fourth-order valence-electron chi connectivity index (χ4n) is 2.10. The lowest BCUT2D eigenvalue weighted by Gasteiger charge is -2.07. The van der Waals surface area contributed by atoms with Crippen molar-refractivity contribution in [3.8, 4) is 0 Å². The molecule has 0 saturated heterocycles. The summed E-state index contributed by atoms with van der Waals surface area (Å²) in [6.45, 7) is 3.35. The standard InChI is InChI=1S/C19H19N3O4/c1-12(10-17(23)21-16-8-9-20-13(2)11-16)18(24)22-15-6-4-14(5-7-15)19(25)26-3/h4-11H,1-3H3,(H,22,24)(H,20,21,23)/b12-10+. The number of amides is 2. The summed E-state index contributed by atoms with van der Waals surface area (Å²) in [6.07, 6.45) is 2.81. The predicted molar refractivity (Wildman–Crippen MR) is 97.8 cm³/mol. The molecule has 1 aromatic heterocycles. The summed E-state index contributed by atoms with van der Waals surface area (Å²) in [5, 5.41) is 5.33. The van der Waals surface area contributed by atoms with Gasteiger partial charge in [-0.15, -0.1) is 0 Å². The van der Waals surface area contributed by atoms with Crippen molar-refractivity contribution in [1.82, 2.24) is 4.98 Å². The first kappa shape index (κ1) is 18.9. The second-order valence-corrected chi connectivity index (χ2v) is 5.53. The average molecular weight is 353 g/mol. The SMILES string of the molecule is COC(=O)c1ccc(NC(=O)/C(C)=C/C(=O)Nc2ccnc(C)c2)cc1. The molecule has 0 spiro atoms. The van der Waals surface area contributed by atoms with Crippen molar-refractivity contribution in [3.63, 3.8) is 0 Å². The van der Waals surface area contributed by atoms with Gasteiger partial charge in [0.25, 0.3) is 5.91 Å². The fourth-order valence-corrected chi connectivity index (χ4v) is 2.10. The van der Waals surface area contributed by atoms with Gasteiger partial charge in [0.2, 0.25) is 5.91 Å². The minimum Gasteiger partial charge on any atom is -0.465 e. The zero-order valence-electron chi connectivity index (χ0n) is 14.7. The first-order chi connectivity index (χ1) is 12.4. The van der Waals surface area contributed by atoms with Crippen LogP contribution < -0.4 is 10.6 Å². The number of anilines is 2. The Hall–Kier alpha value is -3.48. The van der Waals surface area contributed by atoms with E-state index >= 15 is 0 Å². The number of esters is 1. The van der Waals surface area contributed by atoms with E-state index in [-0.39, 0.29) is 5.57 Å². The Morgan fingerprint density at radius 1 is 1.04 bits per heavy atom. The first-order valence-corrected chi connectivity index (χ1v) is 7.80. The third kappa shape index (κ3) is 5.27. The summed E-state index contributed by atoms with van der Waals surface area (Å²) in [5.41, 5.74) is 2.50. The van der Waals surface area contributed by atoms with Crippen LogP contribution in [0.5, 0.6) is 0 Å². The van der Waals surface area contributed by atoms with Crippen LogP contribution in [0.15, 0.2) is 54.2 Å². The molecular weight excluding hydrogens is 334 g/mol. The largest absolute Gasteiger partial charge is 0.465 e. The lowest BCUT2D eigenvalue weighted by Crippen LogP contribution is -2.16. The Morgan fingerprint density at radius 2 is 1.73 bits per heavy atom. The van der Waals surface area contributed by atoms with E-state index in [0.29, 0.717) is 16.9 Å². The molecule has 0 saturated carbocycles. The molecule has 2 rings (SSSR count). The summed E-state index contributed by atoms with van der Waals surface area (Å²) in [5.74, 6) is -1.29. The highest BCUT2D eigenvalue weighted by Gasteiger charge is 2.09. The van der Waals surface area contributed by atoms with Crippen LogP contribution in [0, 0.1) is 6.92 Å². The molecule has 1 heterocycles. The van der Waals surface area contributed by atoms with Crippen molar-refractivity contribution in [1.29, 1.82) is 0 Å². The number of hydrogen-bond donors (Lipinski definition) is 2. The molecule has 0 atom stereocenters. The second kappa shape index (κ2) is 8.57. The number of carbonyl (C=O) groups excluding carboxylic acids is 3. The van der Waals surface area contributed by atoms with Gasteiger partial charge in [-0.1, -0.05) is 0 Å². The lowest BCUT2D eigenvalue weighted by atomic mass is 10.2. The van der Waals surface area contributed by atoms with Gasteiger partial charge in [-0.2, -0.15) is 0 Å². The first-order valence-electron chi connectivity index (χ1n) is 7.80. The van der Waals surface area contributed by atoms with E-state index < -0.39 is 17.8 Å². The molecule has 0 bridgehead atoms. The maximum Gasteiger partial charge on any atom is 0.337 e. The molecular formula is C19H19N3O4. The van der Waals surface area contributed by atoms with Crippen LogP contribution >= 0.6 is 0 Å². The number of nitrogens with one attached hydrogen (secondary N) is 2. The van der Waals surface area contributed by atoms with Crippen LogP contribution in [-0.2, 0) is 14.3 Å². The molecule has 0 aliphatic heterocycles. The van der Waals surface area contributed by atoms with Crippen molar-refractivity contribution in [3.05, 3.63) is 65.5 Å². The number of carbonyl (C=O) groups is 3. The van der Waals surface area contributed by atoms with Crippen molar-refractivity contribution >= 4 is 29.2 Å². The average Bonchev–Trinajstić information content (AvgIpc) is 2.61. The van der Waals surface area contributed by atoms with Gasteiger partial charge in [0.1, 0.15) is 0 Å². The number of ether oxygens (including phenoxy) is 1. The highest BCUT2D eigenvalue weighted by Crippen LogP contribution is 2.12. The van der Waals surface area contributed by atoms with Crippen molar-refractivity contribution < 1.29 is 19.1 Å². The summed E-state index contributed by atoms with van der Waals surface area (Å²) in [7, 11) is 1.30. The highest BCUT2D eigenvalue weighted by atomic mass is 16.5. The smallest absolute Gasteiger partial charge is 0.337 e. The third-order valence-corrected chi connectivity index (χ3v) is 3.43. The molecule has 0 radical (unpaired) electrons. The zero-order valence-corrected chi connectivity index (χ0v) is 14.7. The fraction of sp³-hybridized carbons (Fsp3) is 0.158.